The van der Waals surface area contributed by atoms with E-state index in [-0.39, 0.29) is 5.92 Å². The van der Waals surface area contributed by atoms with Gasteiger partial charge in [0.15, 0.2) is 0 Å². The minimum Gasteiger partial charge on any atom is -0.480 e. The second kappa shape index (κ2) is 5.91. The zero-order chi connectivity index (χ0) is 11.3. The monoisotopic (exact) mass is 211 g/mol. The van der Waals surface area contributed by atoms with E-state index in [0.717, 1.165) is 19.4 Å². The first kappa shape index (κ1) is 12.2. The van der Waals surface area contributed by atoms with Gasteiger partial charge in [0.1, 0.15) is 6.04 Å². The van der Waals surface area contributed by atoms with Crippen molar-refractivity contribution in [3.05, 3.63) is 12.2 Å². The first-order valence-corrected chi connectivity index (χ1v) is 5.72. The second-order valence-electron chi connectivity index (χ2n) is 4.62. The minimum absolute atomic E-state index is 0.140. The predicted molar refractivity (Wildman–Crippen MR) is 60.7 cm³/mol. The van der Waals surface area contributed by atoms with E-state index in [4.69, 9.17) is 5.11 Å². The molecule has 0 saturated carbocycles. The maximum Gasteiger partial charge on any atom is 0.320 e. The number of carbonyl (C=O) groups is 1. The fraction of sp³-hybridized carbons (Fsp3) is 0.750. The van der Waals surface area contributed by atoms with Crippen molar-refractivity contribution in [1.82, 2.24) is 5.32 Å². The Bertz CT molecular complexity index is 236. The van der Waals surface area contributed by atoms with Crippen LogP contribution in [0.15, 0.2) is 12.2 Å². The van der Waals surface area contributed by atoms with Crippen molar-refractivity contribution in [3.63, 3.8) is 0 Å². The first-order chi connectivity index (χ1) is 7.11. The molecule has 3 nitrogen and oxygen atoms in total. The molecule has 0 fully saturated rings. The Morgan fingerprint density at radius 2 is 2.27 bits per heavy atom. The van der Waals surface area contributed by atoms with Crippen LogP contribution in [0, 0.1) is 11.8 Å². The molecule has 2 atom stereocenters. The van der Waals surface area contributed by atoms with Gasteiger partial charge in [-0.2, -0.15) is 0 Å². The summed E-state index contributed by atoms with van der Waals surface area (Å²) in [5, 5.41) is 12.2. The summed E-state index contributed by atoms with van der Waals surface area (Å²) in [7, 11) is 0. The number of hydrogen-bond donors (Lipinski definition) is 2. The first-order valence-electron chi connectivity index (χ1n) is 5.72. The van der Waals surface area contributed by atoms with Gasteiger partial charge in [-0.15, -0.1) is 0 Å². The Hall–Kier alpha value is -0.830. The molecule has 86 valence electrons. The number of nitrogens with one attached hydrogen (secondary N) is 1. The Morgan fingerprint density at radius 3 is 2.73 bits per heavy atom. The van der Waals surface area contributed by atoms with E-state index in [2.05, 4.69) is 17.5 Å². The average Bonchev–Trinajstić information content (AvgIpc) is 2.18. The molecule has 0 radical (unpaired) electrons. The maximum atomic E-state index is 10.9. The Morgan fingerprint density at radius 1 is 1.53 bits per heavy atom. The van der Waals surface area contributed by atoms with Crippen LogP contribution in [0.3, 0.4) is 0 Å². The van der Waals surface area contributed by atoms with Crippen LogP contribution in [0.2, 0.25) is 0 Å². The van der Waals surface area contributed by atoms with Crippen molar-refractivity contribution >= 4 is 5.97 Å². The van der Waals surface area contributed by atoms with Crippen LogP contribution in [-0.4, -0.2) is 23.7 Å². The normalized spacial score (nSPS) is 23.0. The van der Waals surface area contributed by atoms with E-state index in [1.54, 1.807) is 0 Å². The third-order valence-electron chi connectivity index (χ3n) is 2.94. The van der Waals surface area contributed by atoms with E-state index >= 15 is 0 Å². The molecule has 1 aliphatic rings. The van der Waals surface area contributed by atoms with Gasteiger partial charge in [-0.3, -0.25) is 4.79 Å². The molecule has 2 unspecified atom stereocenters. The Balaban J connectivity index is 2.33. The third-order valence-corrected chi connectivity index (χ3v) is 2.94. The average molecular weight is 211 g/mol. The molecule has 0 aromatic rings. The van der Waals surface area contributed by atoms with Crippen LogP contribution < -0.4 is 5.32 Å². The molecular weight excluding hydrogens is 190 g/mol. The number of hydrogen-bond acceptors (Lipinski definition) is 2. The van der Waals surface area contributed by atoms with Crippen LogP contribution in [0.4, 0.5) is 0 Å². The summed E-state index contributed by atoms with van der Waals surface area (Å²) in [4.78, 5) is 10.9. The lowest BCUT2D eigenvalue weighted by molar-refractivity contribution is -0.140. The highest BCUT2D eigenvalue weighted by Crippen LogP contribution is 2.17. The van der Waals surface area contributed by atoms with Gasteiger partial charge in [-0.25, -0.2) is 0 Å². The topological polar surface area (TPSA) is 49.3 Å². The van der Waals surface area contributed by atoms with Crippen LogP contribution >= 0.6 is 0 Å². The molecule has 15 heavy (non-hydrogen) atoms. The van der Waals surface area contributed by atoms with Gasteiger partial charge in [0.2, 0.25) is 0 Å². The summed E-state index contributed by atoms with van der Waals surface area (Å²) >= 11 is 0. The molecule has 0 aromatic heterocycles. The zero-order valence-corrected chi connectivity index (χ0v) is 9.57. The van der Waals surface area contributed by atoms with Gasteiger partial charge in [0, 0.05) is 0 Å². The minimum atomic E-state index is -0.739. The van der Waals surface area contributed by atoms with Crippen molar-refractivity contribution in [2.45, 2.75) is 39.2 Å². The molecular formula is C12H21NO2. The number of carboxylic acids is 1. The van der Waals surface area contributed by atoms with Crippen LogP contribution in [-0.2, 0) is 4.79 Å². The van der Waals surface area contributed by atoms with Gasteiger partial charge in [0.25, 0.3) is 0 Å². The molecule has 2 N–H and O–H groups in total. The molecule has 1 rings (SSSR count). The molecule has 0 saturated heterocycles. The highest BCUT2D eigenvalue weighted by Gasteiger charge is 2.22. The van der Waals surface area contributed by atoms with Crippen molar-refractivity contribution in [1.29, 1.82) is 0 Å². The Labute approximate surface area is 91.6 Å². The quantitative estimate of drug-likeness (QED) is 0.684. The molecule has 0 heterocycles. The number of carboxylic acid groups (broad SMARTS) is 1. The molecule has 0 amide bonds. The van der Waals surface area contributed by atoms with Gasteiger partial charge in [-0.1, -0.05) is 26.0 Å². The van der Waals surface area contributed by atoms with Gasteiger partial charge in [0.05, 0.1) is 0 Å². The van der Waals surface area contributed by atoms with E-state index in [1.807, 2.05) is 13.8 Å². The van der Waals surface area contributed by atoms with E-state index in [1.165, 1.54) is 6.42 Å². The van der Waals surface area contributed by atoms with Crippen molar-refractivity contribution in [3.8, 4) is 0 Å². The molecule has 0 spiro atoms. The Kier molecular flexibility index (Phi) is 4.82. The third kappa shape index (κ3) is 4.04. The lowest BCUT2D eigenvalue weighted by Crippen LogP contribution is -2.43. The molecule has 1 aliphatic carbocycles. The van der Waals surface area contributed by atoms with Crippen molar-refractivity contribution in [2.24, 2.45) is 11.8 Å². The fourth-order valence-electron chi connectivity index (χ4n) is 1.94. The maximum absolute atomic E-state index is 10.9. The largest absolute Gasteiger partial charge is 0.480 e. The summed E-state index contributed by atoms with van der Waals surface area (Å²) < 4.78 is 0. The lowest BCUT2D eigenvalue weighted by atomic mass is 9.93. The smallest absolute Gasteiger partial charge is 0.320 e. The van der Waals surface area contributed by atoms with Crippen molar-refractivity contribution in [2.75, 3.05) is 6.54 Å². The van der Waals surface area contributed by atoms with Crippen LogP contribution in [0.5, 0.6) is 0 Å². The second-order valence-corrected chi connectivity index (χ2v) is 4.62. The number of allylic oxidation sites excluding steroid dienone is 2. The highest BCUT2D eigenvalue weighted by molar-refractivity contribution is 5.73. The summed E-state index contributed by atoms with van der Waals surface area (Å²) in [6.45, 7) is 4.69. The van der Waals surface area contributed by atoms with Gasteiger partial charge in [-0.05, 0) is 37.6 Å². The molecule has 0 aliphatic heterocycles. The molecule has 3 heteroatoms. The summed E-state index contributed by atoms with van der Waals surface area (Å²) in [5.74, 6) is 0.00795. The van der Waals surface area contributed by atoms with Crippen LogP contribution in [0.1, 0.15) is 33.1 Å². The molecule has 0 bridgehead atoms. The van der Waals surface area contributed by atoms with Gasteiger partial charge < -0.3 is 10.4 Å². The van der Waals surface area contributed by atoms with E-state index in [9.17, 15) is 4.79 Å². The fourth-order valence-corrected chi connectivity index (χ4v) is 1.94. The summed E-state index contributed by atoms with van der Waals surface area (Å²) in [6, 6.07) is -0.407. The van der Waals surface area contributed by atoms with Gasteiger partial charge >= 0.3 is 5.97 Å². The summed E-state index contributed by atoms with van der Waals surface area (Å²) in [6.07, 6.45) is 7.78. The SMILES string of the molecule is CC(C)C(NCC1CC=CCC1)C(=O)O. The number of aliphatic carboxylic acids is 1. The van der Waals surface area contributed by atoms with Crippen LogP contribution in [0.25, 0.3) is 0 Å². The molecule has 0 aromatic carbocycles. The lowest BCUT2D eigenvalue weighted by Gasteiger charge is -2.23. The van der Waals surface area contributed by atoms with Crippen molar-refractivity contribution < 1.29 is 9.90 Å². The van der Waals surface area contributed by atoms with E-state index < -0.39 is 12.0 Å². The zero-order valence-electron chi connectivity index (χ0n) is 9.57. The standard InChI is InChI=1S/C12H21NO2/c1-9(2)11(12(14)15)13-8-10-6-4-3-5-7-10/h3-4,9-11,13H,5-8H2,1-2H3,(H,14,15). The predicted octanol–water partition coefficient (Wildman–Crippen LogP) is 2.04. The highest BCUT2D eigenvalue weighted by atomic mass is 16.4. The number of rotatable bonds is 5. The van der Waals surface area contributed by atoms with E-state index in [0.29, 0.717) is 5.92 Å². The summed E-state index contributed by atoms with van der Waals surface area (Å²) in [5.41, 5.74) is 0.